The second-order valence-corrected chi connectivity index (χ2v) is 3.49. The lowest BCUT2D eigenvalue weighted by atomic mass is 10.2. The molecule has 0 aromatic carbocycles. The fourth-order valence-electron chi connectivity index (χ4n) is 1.30. The van der Waals surface area contributed by atoms with Crippen LogP contribution in [-0.2, 0) is 9.53 Å². The molecule has 5 nitrogen and oxygen atoms in total. The smallest absolute Gasteiger partial charge is 0.432 e. The van der Waals surface area contributed by atoms with Crippen molar-refractivity contribution in [3.63, 3.8) is 0 Å². The second kappa shape index (κ2) is 6.69. The molecule has 0 atom stereocenters. The van der Waals surface area contributed by atoms with Crippen LogP contribution in [0, 0.1) is 5.41 Å². The van der Waals surface area contributed by atoms with Crippen molar-refractivity contribution >= 4 is 18.0 Å². The highest BCUT2D eigenvalue weighted by molar-refractivity contribution is 6.09. The van der Waals surface area contributed by atoms with E-state index in [0.29, 0.717) is 6.21 Å². The molecule has 2 N–H and O–H groups in total. The van der Waals surface area contributed by atoms with Crippen LogP contribution < -0.4 is 5.32 Å². The number of ether oxygens (including phenoxy) is 1. The van der Waals surface area contributed by atoms with Crippen molar-refractivity contribution < 1.29 is 22.7 Å². The normalized spacial score (nSPS) is 12.4. The topological polar surface area (TPSA) is 75.1 Å². The number of allylic oxidation sites excluding steroid dienone is 1. The van der Waals surface area contributed by atoms with Crippen LogP contribution in [0.2, 0.25) is 0 Å². The third-order valence-corrected chi connectivity index (χ3v) is 2.11. The van der Waals surface area contributed by atoms with Crippen LogP contribution in [0.5, 0.6) is 0 Å². The first-order valence-corrected chi connectivity index (χ1v) is 5.57. The molecule has 108 valence electrons. The van der Waals surface area contributed by atoms with Crippen molar-refractivity contribution in [2.75, 3.05) is 11.9 Å². The lowest BCUT2D eigenvalue weighted by Crippen LogP contribution is -2.26. The maximum atomic E-state index is 13.0. The van der Waals surface area contributed by atoms with Crippen molar-refractivity contribution in [1.29, 1.82) is 5.41 Å². The van der Waals surface area contributed by atoms with E-state index in [9.17, 15) is 18.0 Å². The summed E-state index contributed by atoms with van der Waals surface area (Å²) >= 11 is 0. The van der Waals surface area contributed by atoms with Crippen LogP contribution in [0.3, 0.4) is 0 Å². The maximum absolute atomic E-state index is 13.0. The van der Waals surface area contributed by atoms with Gasteiger partial charge in [-0.25, -0.2) is 9.78 Å². The first kappa shape index (κ1) is 15.7. The molecule has 1 rings (SSSR count). The fourth-order valence-corrected chi connectivity index (χ4v) is 1.30. The number of hydrogen-bond donors (Lipinski definition) is 2. The summed E-state index contributed by atoms with van der Waals surface area (Å²) in [5, 5.41) is 9.00. The molecule has 1 heterocycles. The predicted molar refractivity (Wildman–Crippen MR) is 66.4 cm³/mol. The zero-order valence-electron chi connectivity index (χ0n) is 10.5. The average molecular weight is 287 g/mol. The van der Waals surface area contributed by atoms with E-state index >= 15 is 0 Å². The number of carbonyl (C=O) groups is 1. The van der Waals surface area contributed by atoms with Gasteiger partial charge in [-0.15, -0.1) is 0 Å². The Balaban J connectivity index is 3.23. The lowest BCUT2D eigenvalue weighted by Gasteiger charge is -2.16. The van der Waals surface area contributed by atoms with Crippen LogP contribution in [0.25, 0.3) is 0 Å². The van der Waals surface area contributed by atoms with Gasteiger partial charge in [0.15, 0.2) is 0 Å². The number of rotatable bonds is 5. The van der Waals surface area contributed by atoms with E-state index in [1.54, 1.807) is 0 Å². The molecule has 0 bridgehead atoms. The first-order valence-electron chi connectivity index (χ1n) is 5.57. The van der Waals surface area contributed by atoms with Gasteiger partial charge in [-0.05, 0) is 19.1 Å². The Bertz CT molecular complexity index is 512. The number of carbonyl (C=O) groups excluding carboxylic acids is 1. The SMILES string of the molecule is CCOC(=O)/C(C=N)=C(/Nc1ccccn1)C(F)(F)F. The summed E-state index contributed by atoms with van der Waals surface area (Å²) in [5.74, 6) is -1.32. The van der Waals surface area contributed by atoms with Gasteiger partial charge >= 0.3 is 12.1 Å². The van der Waals surface area contributed by atoms with E-state index in [1.807, 2.05) is 5.32 Å². The molecule has 8 heteroatoms. The predicted octanol–water partition coefficient (Wildman–Crippen LogP) is 2.52. The summed E-state index contributed by atoms with van der Waals surface area (Å²) < 4.78 is 43.5. The molecule has 0 aliphatic heterocycles. The van der Waals surface area contributed by atoms with Crippen molar-refractivity contribution in [2.45, 2.75) is 13.1 Å². The van der Waals surface area contributed by atoms with Crippen LogP contribution in [-0.4, -0.2) is 30.0 Å². The molecule has 0 radical (unpaired) electrons. The Morgan fingerprint density at radius 2 is 2.20 bits per heavy atom. The summed E-state index contributed by atoms with van der Waals surface area (Å²) in [6.45, 7) is 1.36. The van der Waals surface area contributed by atoms with Crippen molar-refractivity contribution in [3.8, 4) is 0 Å². The Morgan fingerprint density at radius 1 is 1.50 bits per heavy atom. The minimum Gasteiger partial charge on any atom is -0.462 e. The number of alkyl halides is 3. The summed E-state index contributed by atoms with van der Waals surface area (Å²) in [5.41, 5.74) is -2.30. The zero-order valence-corrected chi connectivity index (χ0v) is 10.5. The number of aromatic nitrogens is 1. The van der Waals surface area contributed by atoms with Crippen molar-refractivity contribution in [2.24, 2.45) is 0 Å². The van der Waals surface area contributed by atoms with E-state index in [2.05, 4.69) is 9.72 Å². The van der Waals surface area contributed by atoms with Crippen molar-refractivity contribution in [3.05, 3.63) is 35.7 Å². The van der Waals surface area contributed by atoms with Gasteiger partial charge < -0.3 is 15.5 Å². The molecule has 1 aromatic heterocycles. The molecule has 0 fully saturated rings. The van der Waals surface area contributed by atoms with Gasteiger partial charge in [0.1, 0.15) is 17.1 Å². The van der Waals surface area contributed by atoms with Crippen LogP contribution in [0.4, 0.5) is 19.0 Å². The van der Waals surface area contributed by atoms with E-state index in [0.717, 1.165) is 0 Å². The number of hydrogen-bond acceptors (Lipinski definition) is 5. The third-order valence-electron chi connectivity index (χ3n) is 2.11. The van der Waals surface area contributed by atoms with Gasteiger partial charge in [0.25, 0.3) is 0 Å². The summed E-state index contributed by atoms with van der Waals surface area (Å²) in [6.07, 6.45) is -3.25. The Morgan fingerprint density at radius 3 is 2.65 bits per heavy atom. The fraction of sp³-hybridized carbons (Fsp3) is 0.250. The van der Waals surface area contributed by atoms with E-state index in [1.165, 1.54) is 31.3 Å². The largest absolute Gasteiger partial charge is 0.462 e. The number of anilines is 1. The van der Waals surface area contributed by atoms with Gasteiger partial charge in [-0.2, -0.15) is 13.2 Å². The van der Waals surface area contributed by atoms with Crippen LogP contribution in [0.1, 0.15) is 6.92 Å². The van der Waals surface area contributed by atoms with Gasteiger partial charge in [-0.3, -0.25) is 0 Å². The highest BCUT2D eigenvalue weighted by Crippen LogP contribution is 2.29. The van der Waals surface area contributed by atoms with Gasteiger partial charge in [0.2, 0.25) is 0 Å². The second-order valence-electron chi connectivity index (χ2n) is 3.49. The highest BCUT2D eigenvalue weighted by atomic mass is 19.4. The summed E-state index contributed by atoms with van der Waals surface area (Å²) in [6, 6.07) is 4.32. The highest BCUT2D eigenvalue weighted by Gasteiger charge is 2.38. The van der Waals surface area contributed by atoms with Gasteiger partial charge in [-0.1, -0.05) is 6.07 Å². The summed E-state index contributed by atoms with van der Waals surface area (Å²) in [4.78, 5) is 15.1. The van der Waals surface area contributed by atoms with Crippen LogP contribution >= 0.6 is 0 Å². The van der Waals surface area contributed by atoms with E-state index in [-0.39, 0.29) is 12.4 Å². The number of halogens is 3. The third kappa shape index (κ3) is 4.08. The number of nitrogens with zero attached hydrogens (tertiary/aromatic N) is 1. The molecule has 0 saturated carbocycles. The maximum Gasteiger partial charge on any atom is 0.432 e. The Hall–Kier alpha value is -2.38. The molecule has 0 aliphatic rings. The molecule has 0 unspecified atom stereocenters. The zero-order chi connectivity index (χ0) is 15.2. The molecule has 0 aliphatic carbocycles. The molecule has 20 heavy (non-hydrogen) atoms. The average Bonchev–Trinajstić information content (AvgIpc) is 2.39. The Labute approximate surface area is 113 Å². The van der Waals surface area contributed by atoms with Crippen LogP contribution in [0.15, 0.2) is 35.7 Å². The summed E-state index contributed by atoms with van der Waals surface area (Å²) in [7, 11) is 0. The van der Waals surface area contributed by atoms with E-state index < -0.39 is 23.4 Å². The molecular formula is C12H12F3N3O2. The molecule has 0 amide bonds. The first-order chi connectivity index (χ1) is 9.40. The molecular weight excluding hydrogens is 275 g/mol. The minimum absolute atomic E-state index is 0.0924. The molecule has 0 spiro atoms. The lowest BCUT2D eigenvalue weighted by molar-refractivity contribution is -0.139. The number of pyridine rings is 1. The molecule has 1 aromatic rings. The molecule has 0 saturated heterocycles. The van der Waals surface area contributed by atoms with Gasteiger partial charge in [0.05, 0.1) is 6.61 Å². The van der Waals surface area contributed by atoms with E-state index in [4.69, 9.17) is 5.41 Å². The number of nitrogens with one attached hydrogen (secondary N) is 2. The monoisotopic (exact) mass is 287 g/mol. The standard InChI is InChI=1S/C12H12F3N3O2/c1-2-20-11(19)8(7-16)10(12(13,14)15)18-9-5-3-4-6-17-9/h3-7,16H,2H2,1H3,(H,17,18)/b10-8+,16-7?. The quantitative estimate of drug-likeness (QED) is 0.496. The Kier molecular flexibility index (Phi) is 5.24. The minimum atomic E-state index is -4.85. The van der Waals surface area contributed by atoms with Gasteiger partial charge in [0, 0.05) is 12.4 Å². The number of esters is 1. The van der Waals surface area contributed by atoms with Crippen molar-refractivity contribution in [1.82, 2.24) is 4.98 Å².